The van der Waals surface area contributed by atoms with Crippen molar-refractivity contribution in [2.24, 2.45) is 5.41 Å². The van der Waals surface area contributed by atoms with Crippen molar-refractivity contribution in [1.29, 1.82) is 0 Å². The summed E-state index contributed by atoms with van der Waals surface area (Å²) in [6, 6.07) is -0.670. The first-order valence-corrected chi connectivity index (χ1v) is 6.06. The zero-order valence-corrected chi connectivity index (χ0v) is 10.1. The normalized spacial score (nSPS) is 21.5. The van der Waals surface area contributed by atoms with Gasteiger partial charge in [-0.3, -0.25) is 19.8 Å². The van der Waals surface area contributed by atoms with E-state index in [-0.39, 0.29) is 6.54 Å². The lowest BCUT2D eigenvalue weighted by Crippen LogP contribution is -2.66. The molecule has 0 aromatic carbocycles. The Bertz CT molecular complexity index is 535. The van der Waals surface area contributed by atoms with E-state index in [1.165, 1.54) is 6.39 Å². The summed E-state index contributed by atoms with van der Waals surface area (Å²) in [5, 5.41) is 5.86. The summed E-state index contributed by atoms with van der Waals surface area (Å²) in [5.41, 5.74) is -1.02. The smallest absolute Gasteiger partial charge is 0.330 e. The molecule has 3 rings (SSSR count). The number of hydrogen-bond donors (Lipinski definition) is 1. The maximum atomic E-state index is 12.3. The van der Waals surface area contributed by atoms with Crippen LogP contribution < -0.4 is 5.32 Å². The third-order valence-electron chi connectivity index (χ3n) is 3.73. The van der Waals surface area contributed by atoms with E-state index in [9.17, 15) is 14.4 Å². The van der Waals surface area contributed by atoms with Gasteiger partial charge in [-0.05, 0) is 12.8 Å². The first kappa shape index (κ1) is 11.8. The lowest BCUT2D eigenvalue weighted by molar-refractivity contribution is -0.157. The zero-order chi connectivity index (χ0) is 13.5. The molecule has 1 aromatic rings. The highest BCUT2D eigenvalue weighted by molar-refractivity contribution is 6.19. The molecule has 19 heavy (non-hydrogen) atoms. The number of imide groups is 2. The van der Waals surface area contributed by atoms with Crippen LogP contribution in [0, 0.1) is 5.41 Å². The van der Waals surface area contributed by atoms with Gasteiger partial charge in [0.25, 0.3) is 0 Å². The largest absolute Gasteiger partial charge is 0.343 e. The van der Waals surface area contributed by atoms with Crippen molar-refractivity contribution in [1.82, 2.24) is 20.4 Å². The molecule has 1 saturated carbocycles. The second kappa shape index (κ2) is 4.15. The van der Waals surface area contributed by atoms with Crippen LogP contribution in [0.3, 0.4) is 0 Å². The molecule has 8 heteroatoms. The maximum Gasteiger partial charge on any atom is 0.330 e. The van der Waals surface area contributed by atoms with Crippen molar-refractivity contribution in [3.63, 3.8) is 0 Å². The lowest BCUT2D eigenvalue weighted by Gasteiger charge is -2.44. The minimum atomic E-state index is -1.02. The molecule has 2 heterocycles. The Labute approximate surface area is 108 Å². The summed E-state index contributed by atoms with van der Waals surface area (Å²) in [4.78, 5) is 40.7. The predicted molar refractivity (Wildman–Crippen MR) is 59.5 cm³/mol. The summed E-state index contributed by atoms with van der Waals surface area (Å²) in [5.74, 6) is -0.458. The molecule has 2 fully saturated rings. The third-order valence-corrected chi connectivity index (χ3v) is 3.73. The van der Waals surface area contributed by atoms with E-state index in [1.54, 1.807) is 0 Å². The number of urea groups is 1. The minimum Gasteiger partial charge on any atom is -0.343 e. The summed E-state index contributed by atoms with van der Waals surface area (Å²) < 4.78 is 4.58. The highest BCUT2D eigenvalue weighted by Crippen LogP contribution is 2.44. The number of hydrogen-bond acceptors (Lipinski definition) is 6. The molecule has 1 aliphatic carbocycles. The van der Waals surface area contributed by atoms with E-state index in [0.717, 1.165) is 11.3 Å². The molecule has 1 aliphatic heterocycles. The number of carbonyl (C=O) groups is 3. The van der Waals surface area contributed by atoms with Crippen LogP contribution in [0.1, 0.15) is 25.1 Å². The van der Waals surface area contributed by atoms with E-state index in [2.05, 4.69) is 20.0 Å². The van der Waals surface area contributed by atoms with Crippen molar-refractivity contribution in [2.45, 2.75) is 25.7 Å². The van der Waals surface area contributed by atoms with Crippen LogP contribution in [-0.2, 0) is 16.0 Å². The average Bonchev–Trinajstić information content (AvgIpc) is 2.79. The molecule has 100 valence electrons. The average molecular weight is 264 g/mol. The van der Waals surface area contributed by atoms with Gasteiger partial charge in [-0.25, -0.2) is 4.79 Å². The number of aromatic nitrogens is 2. The SMILES string of the molecule is O=C1NC(=O)C2(CCC2)C(=O)N1CCc1ncon1. The molecular formula is C11H12N4O4. The molecule has 1 N–H and O–H groups in total. The Hall–Kier alpha value is -2.25. The van der Waals surface area contributed by atoms with Gasteiger partial charge in [0.05, 0.1) is 0 Å². The molecule has 0 atom stereocenters. The topological polar surface area (TPSA) is 105 Å². The van der Waals surface area contributed by atoms with Crippen LogP contribution in [0.15, 0.2) is 10.9 Å². The Morgan fingerprint density at radius 3 is 2.74 bits per heavy atom. The van der Waals surface area contributed by atoms with Gasteiger partial charge in [0.2, 0.25) is 18.2 Å². The van der Waals surface area contributed by atoms with Crippen molar-refractivity contribution in [3.8, 4) is 0 Å². The van der Waals surface area contributed by atoms with Crippen LogP contribution in [0.5, 0.6) is 0 Å². The number of carbonyl (C=O) groups excluding carboxylic acids is 3. The Balaban J connectivity index is 1.74. The fourth-order valence-electron chi connectivity index (χ4n) is 2.42. The van der Waals surface area contributed by atoms with Gasteiger partial charge < -0.3 is 4.52 Å². The quantitative estimate of drug-likeness (QED) is 0.762. The van der Waals surface area contributed by atoms with Gasteiger partial charge in [-0.1, -0.05) is 11.6 Å². The van der Waals surface area contributed by atoms with E-state index >= 15 is 0 Å². The standard InChI is InChI=1S/C11H12N4O4/c16-8-11(3-1-4-11)9(17)15(10(18)13-8)5-2-7-12-6-19-14-7/h6H,1-5H2,(H,13,16,18). The molecule has 0 radical (unpaired) electrons. The van der Waals surface area contributed by atoms with E-state index < -0.39 is 23.3 Å². The minimum absolute atomic E-state index is 0.138. The molecule has 1 spiro atoms. The van der Waals surface area contributed by atoms with Crippen molar-refractivity contribution in [3.05, 3.63) is 12.2 Å². The van der Waals surface area contributed by atoms with Gasteiger partial charge in [0.1, 0.15) is 5.41 Å². The van der Waals surface area contributed by atoms with Gasteiger partial charge in [0, 0.05) is 13.0 Å². The number of barbiturate groups is 1. The Morgan fingerprint density at radius 1 is 1.37 bits per heavy atom. The van der Waals surface area contributed by atoms with Gasteiger partial charge in [0.15, 0.2) is 5.82 Å². The summed E-state index contributed by atoms with van der Waals surface area (Å²) >= 11 is 0. The van der Waals surface area contributed by atoms with E-state index in [1.807, 2.05) is 0 Å². The molecule has 8 nitrogen and oxygen atoms in total. The van der Waals surface area contributed by atoms with E-state index in [0.29, 0.717) is 25.1 Å². The summed E-state index contributed by atoms with van der Waals surface area (Å²) in [6.07, 6.45) is 3.32. The third kappa shape index (κ3) is 1.71. The first-order valence-electron chi connectivity index (χ1n) is 6.06. The van der Waals surface area contributed by atoms with Gasteiger partial charge >= 0.3 is 6.03 Å². The number of nitrogens with one attached hydrogen (secondary N) is 1. The Kier molecular flexibility index (Phi) is 2.58. The molecular weight excluding hydrogens is 252 g/mol. The van der Waals surface area contributed by atoms with Gasteiger partial charge in [-0.2, -0.15) is 4.98 Å². The maximum absolute atomic E-state index is 12.3. The van der Waals surface area contributed by atoms with Crippen LogP contribution in [0.2, 0.25) is 0 Å². The van der Waals surface area contributed by atoms with Crippen LogP contribution in [0.25, 0.3) is 0 Å². The highest BCUT2D eigenvalue weighted by atomic mass is 16.5. The van der Waals surface area contributed by atoms with Gasteiger partial charge in [-0.15, -0.1) is 0 Å². The highest BCUT2D eigenvalue weighted by Gasteiger charge is 2.57. The fraction of sp³-hybridized carbons (Fsp3) is 0.545. The molecule has 1 saturated heterocycles. The van der Waals surface area contributed by atoms with Crippen LogP contribution in [-0.4, -0.2) is 39.4 Å². The molecule has 1 aromatic heterocycles. The molecule has 0 unspecified atom stereocenters. The predicted octanol–water partition coefficient (Wildman–Crippen LogP) is -0.139. The zero-order valence-electron chi connectivity index (χ0n) is 10.1. The fourth-order valence-corrected chi connectivity index (χ4v) is 2.42. The van der Waals surface area contributed by atoms with Crippen LogP contribution >= 0.6 is 0 Å². The van der Waals surface area contributed by atoms with Crippen molar-refractivity contribution in [2.75, 3.05) is 6.54 Å². The van der Waals surface area contributed by atoms with E-state index in [4.69, 9.17) is 0 Å². The number of rotatable bonds is 3. The van der Waals surface area contributed by atoms with Crippen molar-refractivity contribution >= 4 is 17.8 Å². The second-order valence-corrected chi connectivity index (χ2v) is 4.75. The summed E-state index contributed by atoms with van der Waals surface area (Å²) in [6.45, 7) is 0.138. The summed E-state index contributed by atoms with van der Waals surface area (Å²) in [7, 11) is 0. The molecule has 4 amide bonds. The molecule has 2 aliphatic rings. The van der Waals surface area contributed by atoms with Crippen molar-refractivity contribution < 1.29 is 18.9 Å². The lowest BCUT2D eigenvalue weighted by atomic mass is 9.66. The molecule has 0 bridgehead atoms. The monoisotopic (exact) mass is 264 g/mol. The van der Waals surface area contributed by atoms with Crippen LogP contribution in [0.4, 0.5) is 4.79 Å². The second-order valence-electron chi connectivity index (χ2n) is 4.75. The first-order chi connectivity index (χ1) is 9.13. The number of nitrogens with zero attached hydrogens (tertiary/aromatic N) is 3. The Morgan fingerprint density at radius 2 is 2.16 bits per heavy atom. The number of amides is 4.